The Kier molecular flexibility index (Phi) is 5.27. The lowest BCUT2D eigenvalue weighted by atomic mass is 9.73. The molecular weight excluding hydrogens is 230 g/mol. The number of hydrogen-bond acceptors (Lipinski definition) is 1. The van der Waals surface area contributed by atoms with Crippen molar-refractivity contribution in [3.05, 3.63) is 25.3 Å². The Balaban J connectivity index is 2.11. The van der Waals surface area contributed by atoms with Crippen LogP contribution in [0.2, 0.25) is 0 Å². The SMILES string of the molecule is C=CCC1(NC2(CC=C)CCCCC2)CCCCC1. The summed E-state index contributed by atoms with van der Waals surface area (Å²) >= 11 is 0. The van der Waals surface area contributed by atoms with Gasteiger partial charge in [0.1, 0.15) is 0 Å². The summed E-state index contributed by atoms with van der Waals surface area (Å²) in [6.45, 7) is 8.00. The summed E-state index contributed by atoms with van der Waals surface area (Å²) in [7, 11) is 0. The normalized spacial score (nSPS) is 25.7. The molecule has 2 saturated carbocycles. The highest BCUT2D eigenvalue weighted by molar-refractivity contribution is 5.05. The number of rotatable bonds is 6. The Labute approximate surface area is 119 Å². The van der Waals surface area contributed by atoms with Crippen LogP contribution in [0.3, 0.4) is 0 Å². The van der Waals surface area contributed by atoms with Crippen LogP contribution in [0.4, 0.5) is 0 Å². The second kappa shape index (κ2) is 6.74. The topological polar surface area (TPSA) is 12.0 Å². The fourth-order valence-corrected chi connectivity index (χ4v) is 4.33. The molecule has 0 aromatic rings. The molecule has 0 aromatic carbocycles. The van der Waals surface area contributed by atoms with Crippen LogP contribution in [-0.2, 0) is 0 Å². The van der Waals surface area contributed by atoms with Crippen LogP contribution >= 0.6 is 0 Å². The van der Waals surface area contributed by atoms with E-state index in [9.17, 15) is 0 Å². The predicted octanol–water partition coefficient (Wildman–Crippen LogP) is 5.13. The summed E-state index contributed by atoms with van der Waals surface area (Å²) in [6.07, 6.45) is 20.2. The first-order valence-corrected chi connectivity index (χ1v) is 8.25. The highest BCUT2D eigenvalue weighted by atomic mass is 15.1. The van der Waals surface area contributed by atoms with Gasteiger partial charge in [-0.2, -0.15) is 0 Å². The van der Waals surface area contributed by atoms with Crippen molar-refractivity contribution in [3.63, 3.8) is 0 Å². The third-order valence-electron chi connectivity index (χ3n) is 5.22. The van der Waals surface area contributed by atoms with E-state index in [-0.39, 0.29) is 0 Å². The zero-order valence-corrected chi connectivity index (χ0v) is 12.6. The van der Waals surface area contributed by atoms with E-state index in [2.05, 4.69) is 30.6 Å². The van der Waals surface area contributed by atoms with Crippen LogP contribution in [0.15, 0.2) is 25.3 Å². The molecule has 0 spiro atoms. The molecule has 2 aliphatic rings. The molecule has 2 aliphatic carbocycles. The maximum Gasteiger partial charge on any atom is 0.0221 e. The second-order valence-electron chi connectivity index (χ2n) is 6.79. The molecule has 0 heterocycles. The highest BCUT2D eigenvalue weighted by Gasteiger charge is 2.40. The van der Waals surface area contributed by atoms with Gasteiger partial charge in [-0.25, -0.2) is 0 Å². The molecule has 0 saturated heterocycles. The molecule has 19 heavy (non-hydrogen) atoms. The largest absolute Gasteiger partial charge is 0.305 e. The molecule has 2 rings (SSSR count). The van der Waals surface area contributed by atoms with E-state index in [0.717, 1.165) is 12.8 Å². The highest BCUT2D eigenvalue weighted by Crippen LogP contribution is 2.39. The molecule has 0 bridgehead atoms. The van der Waals surface area contributed by atoms with Crippen molar-refractivity contribution in [1.82, 2.24) is 5.32 Å². The molecule has 2 fully saturated rings. The average molecular weight is 261 g/mol. The Bertz CT molecular complexity index is 263. The summed E-state index contributed by atoms with van der Waals surface area (Å²) in [5.41, 5.74) is 0.667. The minimum absolute atomic E-state index is 0.334. The Morgan fingerprint density at radius 2 is 1.05 bits per heavy atom. The third-order valence-corrected chi connectivity index (χ3v) is 5.22. The van der Waals surface area contributed by atoms with E-state index >= 15 is 0 Å². The molecule has 0 aliphatic heterocycles. The van der Waals surface area contributed by atoms with Crippen LogP contribution in [0.1, 0.15) is 77.0 Å². The van der Waals surface area contributed by atoms with E-state index in [1.165, 1.54) is 64.2 Å². The van der Waals surface area contributed by atoms with Gasteiger partial charge in [-0.05, 0) is 38.5 Å². The standard InChI is InChI=1S/C18H31N/c1-3-11-17(13-7-5-8-14-17)19-18(12-4-2)15-9-6-10-16-18/h3-4,19H,1-2,5-16H2. The van der Waals surface area contributed by atoms with Crippen molar-refractivity contribution in [1.29, 1.82) is 0 Å². The summed E-state index contributed by atoms with van der Waals surface area (Å²) in [5.74, 6) is 0. The molecule has 0 unspecified atom stereocenters. The molecule has 1 heteroatoms. The summed E-state index contributed by atoms with van der Waals surface area (Å²) in [6, 6.07) is 0. The van der Waals surface area contributed by atoms with Gasteiger partial charge in [-0.1, -0.05) is 50.7 Å². The Morgan fingerprint density at radius 3 is 1.37 bits per heavy atom. The first-order valence-electron chi connectivity index (χ1n) is 8.25. The first kappa shape index (κ1) is 14.8. The third kappa shape index (κ3) is 3.72. The number of hydrogen-bond donors (Lipinski definition) is 1. The van der Waals surface area contributed by atoms with Gasteiger partial charge >= 0.3 is 0 Å². The molecule has 1 nitrogen and oxygen atoms in total. The molecule has 1 N–H and O–H groups in total. The van der Waals surface area contributed by atoms with Gasteiger partial charge in [0, 0.05) is 11.1 Å². The summed E-state index contributed by atoms with van der Waals surface area (Å²) < 4.78 is 0. The van der Waals surface area contributed by atoms with Gasteiger partial charge in [0.15, 0.2) is 0 Å². The molecule has 108 valence electrons. The van der Waals surface area contributed by atoms with E-state index in [1.54, 1.807) is 0 Å². The van der Waals surface area contributed by atoms with Crippen LogP contribution in [-0.4, -0.2) is 11.1 Å². The first-order chi connectivity index (χ1) is 9.24. The van der Waals surface area contributed by atoms with Gasteiger partial charge in [-0.15, -0.1) is 13.2 Å². The van der Waals surface area contributed by atoms with Crippen LogP contribution in [0.5, 0.6) is 0 Å². The van der Waals surface area contributed by atoms with Crippen molar-refractivity contribution < 1.29 is 0 Å². The Morgan fingerprint density at radius 1 is 0.684 bits per heavy atom. The van der Waals surface area contributed by atoms with Crippen LogP contribution in [0.25, 0.3) is 0 Å². The lowest BCUT2D eigenvalue weighted by molar-refractivity contribution is 0.122. The van der Waals surface area contributed by atoms with Gasteiger partial charge < -0.3 is 5.32 Å². The van der Waals surface area contributed by atoms with E-state index in [0.29, 0.717) is 11.1 Å². The van der Waals surface area contributed by atoms with Crippen molar-refractivity contribution in [2.45, 2.75) is 88.1 Å². The van der Waals surface area contributed by atoms with Crippen LogP contribution in [0, 0.1) is 0 Å². The van der Waals surface area contributed by atoms with Crippen molar-refractivity contribution >= 4 is 0 Å². The fraction of sp³-hybridized carbons (Fsp3) is 0.778. The Hall–Kier alpha value is -0.560. The van der Waals surface area contributed by atoms with Crippen molar-refractivity contribution in [3.8, 4) is 0 Å². The zero-order chi connectivity index (χ0) is 13.6. The monoisotopic (exact) mass is 261 g/mol. The maximum absolute atomic E-state index is 4.14. The fourth-order valence-electron chi connectivity index (χ4n) is 4.33. The smallest absolute Gasteiger partial charge is 0.0221 e. The molecule has 0 amide bonds. The maximum atomic E-state index is 4.14. The molecule has 0 atom stereocenters. The second-order valence-corrected chi connectivity index (χ2v) is 6.79. The van der Waals surface area contributed by atoms with Gasteiger partial charge in [0.25, 0.3) is 0 Å². The average Bonchev–Trinajstić information content (AvgIpc) is 2.41. The minimum Gasteiger partial charge on any atom is -0.305 e. The quantitative estimate of drug-likeness (QED) is 0.653. The molecule has 0 radical (unpaired) electrons. The molecular formula is C18H31N. The van der Waals surface area contributed by atoms with Gasteiger partial charge in [-0.3, -0.25) is 0 Å². The summed E-state index contributed by atoms with van der Waals surface area (Å²) in [5, 5.41) is 4.14. The van der Waals surface area contributed by atoms with Crippen molar-refractivity contribution in [2.75, 3.05) is 0 Å². The van der Waals surface area contributed by atoms with Crippen LogP contribution < -0.4 is 5.32 Å². The zero-order valence-electron chi connectivity index (χ0n) is 12.6. The van der Waals surface area contributed by atoms with Gasteiger partial charge in [0.05, 0.1) is 0 Å². The predicted molar refractivity (Wildman–Crippen MR) is 84.4 cm³/mol. The lowest BCUT2D eigenvalue weighted by Crippen LogP contribution is -2.59. The van der Waals surface area contributed by atoms with Gasteiger partial charge in [0.2, 0.25) is 0 Å². The van der Waals surface area contributed by atoms with E-state index in [4.69, 9.17) is 0 Å². The summed E-state index contributed by atoms with van der Waals surface area (Å²) in [4.78, 5) is 0. The molecule has 0 aromatic heterocycles. The van der Waals surface area contributed by atoms with E-state index in [1.807, 2.05) is 0 Å². The van der Waals surface area contributed by atoms with Crippen molar-refractivity contribution in [2.24, 2.45) is 0 Å². The number of nitrogens with one attached hydrogen (secondary N) is 1. The minimum atomic E-state index is 0.334. The van der Waals surface area contributed by atoms with E-state index < -0.39 is 0 Å². The lowest BCUT2D eigenvalue weighted by Gasteiger charge is -2.48.